The number of hydrogen-bond donors (Lipinski definition) is 0. The molecule has 1 aliphatic carbocycles. The summed E-state index contributed by atoms with van der Waals surface area (Å²) in [5.41, 5.74) is 17.0. The van der Waals surface area contributed by atoms with Gasteiger partial charge in [0, 0.05) is 30.3 Å². The van der Waals surface area contributed by atoms with E-state index in [0.717, 1.165) is 22.6 Å². The lowest BCUT2D eigenvalue weighted by Gasteiger charge is -2.26. The van der Waals surface area contributed by atoms with E-state index < -0.39 is 0 Å². The van der Waals surface area contributed by atoms with E-state index in [1.54, 1.807) is 0 Å². The summed E-state index contributed by atoms with van der Waals surface area (Å²) in [5, 5.41) is 5.11. The number of para-hydroxylation sites is 1. The summed E-state index contributed by atoms with van der Waals surface area (Å²) in [5.74, 6) is 0. The maximum atomic E-state index is 4.29. The second-order valence-electron chi connectivity index (χ2n) is 13.9. The molecule has 0 radical (unpaired) electrons. The standard InChI is InChI=1S/C52H36N2/c1-53-34-35-16-13-24-40(32-35)54(39-22-9-4-10-23-39)41-25-14-21-38(33-41)42-30-31-47-50-43(42)28-15-29-46(50)51-48(36-17-5-2-6-18-36)44-26-11-12-27-45(44)49(52(47)51)37-19-7-3-8-20-37/h2-34H,1H3. The Bertz CT molecular complexity index is 2780. The van der Waals surface area contributed by atoms with Gasteiger partial charge < -0.3 is 4.90 Å². The summed E-state index contributed by atoms with van der Waals surface area (Å²) < 4.78 is 0. The molecule has 0 fully saturated rings. The van der Waals surface area contributed by atoms with Gasteiger partial charge in [-0.2, -0.15) is 0 Å². The van der Waals surface area contributed by atoms with Gasteiger partial charge in [0.2, 0.25) is 0 Å². The molecule has 0 amide bonds. The quantitative estimate of drug-likeness (QED) is 0.152. The normalized spacial score (nSPS) is 11.7. The van der Waals surface area contributed by atoms with Crippen LogP contribution in [0.25, 0.3) is 77.2 Å². The van der Waals surface area contributed by atoms with E-state index >= 15 is 0 Å². The van der Waals surface area contributed by atoms with Crippen molar-refractivity contribution in [1.82, 2.24) is 0 Å². The van der Waals surface area contributed by atoms with Gasteiger partial charge in [-0.05, 0) is 119 Å². The van der Waals surface area contributed by atoms with Crippen LogP contribution in [-0.4, -0.2) is 13.3 Å². The molecule has 0 N–H and O–H groups in total. The number of benzene rings is 9. The van der Waals surface area contributed by atoms with Gasteiger partial charge in [0.1, 0.15) is 0 Å². The van der Waals surface area contributed by atoms with E-state index in [4.69, 9.17) is 0 Å². The molecule has 2 heteroatoms. The van der Waals surface area contributed by atoms with Crippen LogP contribution in [0.1, 0.15) is 5.56 Å². The lowest BCUT2D eigenvalue weighted by Crippen LogP contribution is -2.10. The van der Waals surface area contributed by atoms with Crippen LogP contribution in [0.4, 0.5) is 17.1 Å². The van der Waals surface area contributed by atoms with Gasteiger partial charge in [-0.15, -0.1) is 0 Å². The fraction of sp³-hybridized carbons (Fsp3) is 0.0192. The van der Waals surface area contributed by atoms with Crippen LogP contribution in [0, 0.1) is 0 Å². The first-order valence-corrected chi connectivity index (χ1v) is 18.5. The summed E-state index contributed by atoms with van der Waals surface area (Å²) in [4.78, 5) is 6.62. The molecule has 9 aromatic carbocycles. The van der Waals surface area contributed by atoms with Crippen LogP contribution in [0.15, 0.2) is 199 Å². The highest BCUT2D eigenvalue weighted by molar-refractivity contribution is 6.28. The molecule has 10 rings (SSSR count). The van der Waals surface area contributed by atoms with E-state index in [1.807, 2.05) is 13.3 Å². The van der Waals surface area contributed by atoms with Gasteiger partial charge in [0.15, 0.2) is 0 Å². The molecule has 0 aromatic heterocycles. The van der Waals surface area contributed by atoms with Gasteiger partial charge >= 0.3 is 0 Å². The molecule has 1 aliphatic rings. The van der Waals surface area contributed by atoms with E-state index in [2.05, 4.69) is 204 Å². The van der Waals surface area contributed by atoms with Crippen LogP contribution in [0.2, 0.25) is 0 Å². The Morgan fingerprint density at radius 1 is 0.370 bits per heavy atom. The number of rotatable bonds is 7. The van der Waals surface area contributed by atoms with Crippen LogP contribution in [0.5, 0.6) is 0 Å². The van der Waals surface area contributed by atoms with Crippen molar-refractivity contribution in [2.45, 2.75) is 0 Å². The lowest BCUT2D eigenvalue weighted by molar-refractivity contribution is 1.28. The van der Waals surface area contributed by atoms with Gasteiger partial charge in [-0.1, -0.05) is 158 Å². The molecule has 0 heterocycles. The first-order valence-electron chi connectivity index (χ1n) is 18.5. The van der Waals surface area contributed by atoms with Crippen LogP contribution in [0.3, 0.4) is 0 Å². The Balaban J connectivity index is 1.22. The minimum absolute atomic E-state index is 1.07. The molecule has 0 saturated heterocycles. The maximum Gasteiger partial charge on any atom is 0.0468 e. The zero-order valence-electron chi connectivity index (χ0n) is 29.9. The van der Waals surface area contributed by atoms with Gasteiger partial charge in [-0.3, -0.25) is 4.99 Å². The zero-order chi connectivity index (χ0) is 36.0. The van der Waals surface area contributed by atoms with Crippen molar-refractivity contribution in [2.75, 3.05) is 11.9 Å². The SMILES string of the molecule is CN=Cc1cccc(N(c2ccccc2)c2cccc(-c3ccc4c5c(cccc35)-c3c-4c(-c4ccccc4)c4ccccc4c3-c3ccccc3)c2)c1. The van der Waals surface area contributed by atoms with Gasteiger partial charge in [-0.25, -0.2) is 0 Å². The fourth-order valence-corrected chi connectivity index (χ4v) is 8.59. The topological polar surface area (TPSA) is 15.6 Å². The van der Waals surface area contributed by atoms with Crippen molar-refractivity contribution < 1.29 is 0 Å². The predicted octanol–water partition coefficient (Wildman–Crippen LogP) is 14.2. The van der Waals surface area contributed by atoms with Crippen LogP contribution >= 0.6 is 0 Å². The lowest BCUT2D eigenvalue weighted by atomic mass is 9.82. The number of hydrogen-bond acceptors (Lipinski definition) is 2. The smallest absolute Gasteiger partial charge is 0.0468 e. The van der Waals surface area contributed by atoms with Gasteiger partial charge in [0.05, 0.1) is 0 Å². The first kappa shape index (κ1) is 31.7. The van der Waals surface area contributed by atoms with Crippen LogP contribution < -0.4 is 4.90 Å². The molecule has 254 valence electrons. The monoisotopic (exact) mass is 688 g/mol. The highest BCUT2D eigenvalue weighted by Crippen LogP contribution is 2.58. The molecule has 0 bridgehead atoms. The van der Waals surface area contributed by atoms with Crippen LogP contribution in [-0.2, 0) is 0 Å². The zero-order valence-corrected chi connectivity index (χ0v) is 29.9. The second-order valence-corrected chi connectivity index (χ2v) is 13.9. The van der Waals surface area contributed by atoms with Gasteiger partial charge in [0.25, 0.3) is 0 Å². The second kappa shape index (κ2) is 13.2. The predicted molar refractivity (Wildman–Crippen MR) is 230 cm³/mol. The highest BCUT2D eigenvalue weighted by atomic mass is 15.1. The molecule has 0 unspecified atom stereocenters. The summed E-state index contributed by atoms with van der Waals surface area (Å²) in [6.07, 6.45) is 1.91. The Morgan fingerprint density at radius 3 is 1.50 bits per heavy atom. The Morgan fingerprint density at radius 2 is 0.852 bits per heavy atom. The van der Waals surface area contributed by atoms with Crippen molar-refractivity contribution in [3.8, 4) is 55.6 Å². The molecule has 0 aliphatic heterocycles. The first-order chi connectivity index (χ1) is 26.8. The molecule has 9 aromatic rings. The molecule has 0 atom stereocenters. The highest BCUT2D eigenvalue weighted by Gasteiger charge is 2.31. The minimum Gasteiger partial charge on any atom is -0.310 e. The number of nitrogens with zero attached hydrogens (tertiary/aromatic N) is 2. The largest absolute Gasteiger partial charge is 0.310 e. The average molecular weight is 689 g/mol. The Hall–Kier alpha value is -7.03. The van der Waals surface area contributed by atoms with E-state index in [-0.39, 0.29) is 0 Å². The third kappa shape index (κ3) is 5.15. The van der Waals surface area contributed by atoms with Crippen molar-refractivity contribution in [3.05, 3.63) is 200 Å². The summed E-state index contributed by atoms with van der Waals surface area (Å²) >= 11 is 0. The maximum absolute atomic E-state index is 4.29. The molecule has 2 nitrogen and oxygen atoms in total. The summed E-state index contributed by atoms with van der Waals surface area (Å²) in [6, 6.07) is 70.5. The van der Waals surface area contributed by atoms with Crippen molar-refractivity contribution in [3.63, 3.8) is 0 Å². The number of fused-ring (bicyclic) bond motifs is 4. The van der Waals surface area contributed by atoms with E-state index in [0.29, 0.717) is 0 Å². The molecule has 54 heavy (non-hydrogen) atoms. The van der Waals surface area contributed by atoms with E-state index in [9.17, 15) is 0 Å². The number of aliphatic imine (C=N–C) groups is 1. The van der Waals surface area contributed by atoms with Crippen molar-refractivity contribution in [2.24, 2.45) is 4.99 Å². The number of anilines is 3. The Kier molecular flexibility index (Phi) is 7.74. The third-order valence-electron chi connectivity index (χ3n) is 10.8. The molecule has 0 saturated carbocycles. The minimum atomic E-state index is 1.07. The third-order valence-corrected chi connectivity index (χ3v) is 10.8. The van der Waals surface area contributed by atoms with Crippen molar-refractivity contribution in [1.29, 1.82) is 0 Å². The van der Waals surface area contributed by atoms with E-state index in [1.165, 1.54) is 77.2 Å². The molecular weight excluding hydrogens is 653 g/mol. The average Bonchev–Trinajstić information content (AvgIpc) is 3.56. The summed E-state index contributed by atoms with van der Waals surface area (Å²) in [7, 11) is 1.81. The molecular formula is C52H36N2. The Labute approximate surface area is 316 Å². The fourth-order valence-electron chi connectivity index (χ4n) is 8.59. The summed E-state index contributed by atoms with van der Waals surface area (Å²) in [6.45, 7) is 0. The molecule has 0 spiro atoms. The van der Waals surface area contributed by atoms with Crippen molar-refractivity contribution >= 4 is 44.8 Å².